The van der Waals surface area contributed by atoms with E-state index in [1.807, 2.05) is 6.92 Å². The molecule has 29 heavy (non-hydrogen) atoms. The van der Waals surface area contributed by atoms with Crippen molar-refractivity contribution < 1.29 is 19.1 Å². The van der Waals surface area contributed by atoms with E-state index in [-0.39, 0.29) is 11.0 Å². The number of amides is 1. The lowest BCUT2D eigenvalue weighted by molar-refractivity contribution is 0.0601. The Morgan fingerprint density at radius 1 is 1.31 bits per heavy atom. The van der Waals surface area contributed by atoms with Crippen LogP contribution in [0.3, 0.4) is 0 Å². The number of aryl methyl sites for hydroxylation is 1. The molecule has 1 aliphatic rings. The van der Waals surface area contributed by atoms with Gasteiger partial charge in [0.15, 0.2) is 5.11 Å². The summed E-state index contributed by atoms with van der Waals surface area (Å²) < 4.78 is 11.2. The zero-order valence-corrected chi connectivity index (χ0v) is 19.3. The molecule has 0 unspecified atom stereocenters. The molecule has 1 amide bonds. The van der Waals surface area contributed by atoms with Gasteiger partial charge in [-0.3, -0.25) is 10.1 Å². The summed E-state index contributed by atoms with van der Waals surface area (Å²) in [5.74, 6) is -0.0681. The van der Waals surface area contributed by atoms with Gasteiger partial charge in [0.2, 0.25) is 0 Å². The van der Waals surface area contributed by atoms with Gasteiger partial charge in [0.05, 0.1) is 23.8 Å². The smallest absolute Gasteiger partial charge is 0.341 e. The minimum Gasteiger partial charge on any atom is -0.492 e. The lowest BCUT2D eigenvalue weighted by Gasteiger charge is -2.12. The minimum atomic E-state index is -0.396. The predicted octanol–water partition coefficient (Wildman–Crippen LogP) is 4.70. The molecule has 0 spiro atoms. The molecule has 1 aliphatic carbocycles. The molecule has 0 saturated heterocycles. The van der Waals surface area contributed by atoms with Crippen LogP contribution in [-0.2, 0) is 17.6 Å². The molecule has 2 aromatic rings. The van der Waals surface area contributed by atoms with Crippen LogP contribution in [-0.4, -0.2) is 30.7 Å². The Kier molecular flexibility index (Phi) is 7.26. The van der Waals surface area contributed by atoms with Gasteiger partial charge in [-0.1, -0.05) is 6.92 Å². The van der Waals surface area contributed by atoms with E-state index in [4.69, 9.17) is 21.7 Å². The van der Waals surface area contributed by atoms with Gasteiger partial charge in [-0.15, -0.1) is 11.3 Å². The van der Waals surface area contributed by atoms with Crippen molar-refractivity contribution >= 4 is 61.5 Å². The maximum Gasteiger partial charge on any atom is 0.341 e. The van der Waals surface area contributed by atoms with E-state index < -0.39 is 5.97 Å². The Morgan fingerprint density at radius 3 is 2.79 bits per heavy atom. The quantitative estimate of drug-likeness (QED) is 0.445. The number of hydrogen-bond donors (Lipinski definition) is 2. The molecule has 0 fully saturated rings. The van der Waals surface area contributed by atoms with Crippen molar-refractivity contribution in [2.75, 3.05) is 19.0 Å². The maximum absolute atomic E-state index is 12.5. The van der Waals surface area contributed by atoms with Crippen LogP contribution in [0.4, 0.5) is 5.00 Å². The SMILES string of the molecule is CCCOc1ccc(C(=O)NC(=S)Nc2sc3c(c2C(=O)OC)CCC3)cc1Br. The van der Waals surface area contributed by atoms with Crippen molar-refractivity contribution in [1.82, 2.24) is 5.32 Å². The number of thiophene rings is 1. The third-order valence-electron chi connectivity index (χ3n) is 4.42. The minimum absolute atomic E-state index is 0.127. The highest BCUT2D eigenvalue weighted by atomic mass is 79.9. The number of methoxy groups -OCH3 is 1. The van der Waals surface area contributed by atoms with Crippen molar-refractivity contribution in [3.63, 3.8) is 0 Å². The van der Waals surface area contributed by atoms with Crippen molar-refractivity contribution in [2.24, 2.45) is 0 Å². The summed E-state index contributed by atoms with van der Waals surface area (Å²) in [6, 6.07) is 5.10. The first-order valence-electron chi connectivity index (χ1n) is 9.22. The van der Waals surface area contributed by atoms with Crippen LogP contribution in [0.15, 0.2) is 22.7 Å². The molecular formula is C20H21BrN2O4S2. The zero-order chi connectivity index (χ0) is 21.0. The second kappa shape index (κ2) is 9.69. The summed E-state index contributed by atoms with van der Waals surface area (Å²) >= 11 is 10.2. The summed E-state index contributed by atoms with van der Waals surface area (Å²) in [6.45, 7) is 2.63. The summed E-state index contributed by atoms with van der Waals surface area (Å²) in [5, 5.41) is 6.38. The van der Waals surface area contributed by atoms with Gasteiger partial charge in [0, 0.05) is 10.4 Å². The number of anilines is 1. The number of esters is 1. The molecule has 9 heteroatoms. The van der Waals surface area contributed by atoms with Crippen LogP contribution in [0.25, 0.3) is 0 Å². The summed E-state index contributed by atoms with van der Waals surface area (Å²) in [5.41, 5.74) is 1.97. The maximum atomic E-state index is 12.5. The highest BCUT2D eigenvalue weighted by molar-refractivity contribution is 9.10. The van der Waals surface area contributed by atoms with E-state index in [0.29, 0.717) is 33.0 Å². The molecule has 1 heterocycles. The summed E-state index contributed by atoms with van der Waals surface area (Å²) in [6.07, 6.45) is 3.70. The number of carbonyl (C=O) groups is 2. The normalized spacial score (nSPS) is 12.2. The highest BCUT2D eigenvalue weighted by Crippen LogP contribution is 2.39. The molecule has 0 radical (unpaired) electrons. The average Bonchev–Trinajstić information content (AvgIpc) is 3.27. The average molecular weight is 497 g/mol. The monoisotopic (exact) mass is 496 g/mol. The molecule has 0 aliphatic heterocycles. The number of hydrogen-bond acceptors (Lipinski definition) is 6. The van der Waals surface area contributed by atoms with Crippen molar-refractivity contribution in [3.05, 3.63) is 44.2 Å². The summed E-state index contributed by atoms with van der Waals surface area (Å²) in [7, 11) is 1.36. The number of fused-ring (bicyclic) bond motifs is 1. The van der Waals surface area contributed by atoms with E-state index in [0.717, 1.165) is 36.1 Å². The Morgan fingerprint density at radius 2 is 2.10 bits per heavy atom. The Balaban J connectivity index is 1.69. The fourth-order valence-corrected chi connectivity index (χ4v) is 5.13. The first kappa shape index (κ1) is 21.7. The molecule has 2 N–H and O–H groups in total. The second-order valence-electron chi connectivity index (χ2n) is 6.45. The molecule has 154 valence electrons. The van der Waals surface area contributed by atoms with Crippen molar-refractivity contribution in [3.8, 4) is 5.75 Å². The molecule has 1 aromatic heterocycles. The second-order valence-corrected chi connectivity index (χ2v) is 8.82. The number of ether oxygens (including phenoxy) is 2. The van der Waals surface area contributed by atoms with Crippen LogP contribution in [0.5, 0.6) is 5.75 Å². The van der Waals surface area contributed by atoms with Gasteiger partial charge < -0.3 is 14.8 Å². The highest BCUT2D eigenvalue weighted by Gasteiger charge is 2.27. The van der Waals surface area contributed by atoms with Crippen LogP contribution in [0.2, 0.25) is 0 Å². The Hall–Kier alpha value is -1.97. The third-order valence-corrected chi connectivity index (χ3v) is 6.45. The van der Waals surface area contributed by atoms with Gasteiger partial charge in [-0.25, -0.2) is 4.79 Å². The molecule has 6 nitrogen and oxygen atoms in total. The van der Waals surface area contributed by atoms with E-state index >= 15 is 0 Å². The molecule has 3 rings (SSSR count). The zero-order valence-electron chi connectivity index (χ0n) is 16.1. The molecular weight excluding hydrogens is 476 g/mol. The van der Waals surface area contributed by atoms with Gasteiger partial charge in [-0.2, -0.15) is 0 Å². The molecule has 1 aromatic carbocycles. The van der Waals surface area contributed by atoms with E-state index in [9.17, 15) is 9.59 Å². The van der Waals surface area contributed by atoms with Crippen LogP contribution < -0.4 is 15.4 Å². The first-order chi connectivity index (χ1) is 13.9. The van der Waals surface area contributed by atoms with Crippen LogP contribution in [0.1, 0.15) is 50.9 Å². The molecule has 0 atom stereocenters. The van der Waals surface area contributed by atoms with E-state index in [2.05, 4.69) is 26.6 Å². The standard InChI is InChI=1S/C20H21BrN2O4S2/c1-3-9-27-14-8-7-11(10-13(14)21)17(24)22-20(28)23-18-16(19(25)26-2)12-5-4-6-15(12)29-18/h7-8,10H,3-6,9H2,1-2H3,(H2,22,23,24,28). The predicted molar refractivity (Wildman–Crippen MR) is 121 cm³/mol. The summed E-state index contributed by atoms with van der Waals surface area (Å²) in [4.78, 5) is 25.9. The lowest BCUT2D eigenvalue weighted by atomic mass is 10.1. The van der Waals surface area contributed by atoms with Crippen LogP contribution in [0, 0.1) is 0 Å². The number of rotatable bonds is 6. The number of carbonyl (C=O) groups excluding carboxylic acids is 2. The molecule has 0 saturated carbocycles. The number of thiocarbonyl (C=S) groups is 1. The number of benzene rings is 1. The van der Waals surface area contributed by atoms with Gasteiger partial charge >= 0.3 is 5.97 Å². The van der Waals surface area contributed by atoms with E-state index in [1.54, 1.807) is 18.2 Å². The van der Waals surface area contributed by atoms with Gasteiger partial charge in [0.1, 0.15) is 10.8 Å². The third kappa shape index (κ3) is 4.96. The number of halogens is 1. The van der Waals surface area contributed by atoms with Gasteiger partial charge in [-0.05, 0) is 77.6 Å². The van der Waals surface area contributed by atoms with E-state index in [1.165, 1.54) is 18.4 Å². The largest absolute Gasteiger partial charge is 0.492 e. The first-order valence-corrected chi connectivity index (χ1v) is 11.2. The fraction of sp³-hybridized carbons (Fsp3) is 0.350. The number of nitrogens with one attached hydrogen (secondary N) is 2. The fourth-order valence-electron chi connectivity index (χ4n) is 3.09. The van der Waals surface area contributed by atoms with Crippen LogP contribution >= 0.6 is 39.5 Å². The van der Waals surface area contributed by atoms with Crippen molar-refractivity contribution in [1.29, 1.82) is 0 Å². The van der Waals surface area contributed by atoms with Crippen molar-refractivity contribution in [2.45, 2.75) is 32.6 Å². The Bertz CT molecular complexity index is 958. The lowest BCUT2D eigenvalue weighted by Crippen LogP contribution is -2.34. The van der Waals surface area contributed by atoms with Gasteiger partial charge in [0.25, 0.3) is 5.91 Å². The Labute approximate surface area is 187 Å². The molecule has 0 bridgehead atoms. The topological polar surface area (TPSA) is 76.7 Å².